The molecule has 0 amide bonds. The zero-order valence-corrected chi connectivity index (χ0v) is 8.84. The summed E-state index contributed by atoms with van der Waals surface area (Å²) < 4.78 is 13.7. The Balaban J connectivity index is 3.53. The molecule has 0 heterocycles. The maximum atomic E-state index is 13.4. The first-order valence-corrected chi connectivity index (χ1v) is 4.53. The zero-order valence-electron chi connectivity index (χ0n) is 7.25. The molecule has 0 bridgehead atoms. The van der Waals surface area contributed by atoms with Crippen molar-refractivity contribution in [1.82, 2.24) is 0 Å². The van der Waals surface area contributed by atoms with Crippen molar-refractivity contribution in [2.45, 2.75) is 6.92 Å². The minimum absolute atomic E-state index is 0.215. The fourth-order valence-corrected chi connectivity index (χ4v) is 1.46. The third-order valence-electron chi connectivity index (χ3n) is 1.80. The van der Waals surface area contributed by atoms with Gasteiger partial charge >= 0.3 is 7.12 Å². The number of aryl methyl sites for hydroxylation is 1. The number of hydrogen-bond donors (Lipinski definition) is 2. The Morgan fingerprint density at radius 3 is 2.57 bits per heavy atom. The topological polar surface area (TPSA) is 64.2 Å². The van der Waals surface area contributed by atoms with Gasteiger partial charge in [-0.05, 0) is 28.4 Å². The van der Waals surface area contributed by atoms with E-state index in [9.17, 15) is 4.39 Å². The van der Waals surface area contributed by atoms with Gasteiger partial charge < -0.3 is 10.0 Å². The Morgan fingerprint density at radius 1 is 1.57 bits per heavy atom. The van der Waals surface area contributed by atoms with Crippen LogP contribution >= 0.6 is 15.9 Å². The van der Waals surface area contributed by atoms with Crippen molar-refractivity contribution in [1.29, 1.82) is 5.26 Å². The van der Waals surface area contributed by atoms with E-state index in [-0.39, 0.29) is 11.0 Å². The van der Waals surface area contributed by atoms with Crippen LogP contribution in [0.4, 0.5) is 4.39 Å². The predicted octanol–water partition coefficient (Wildman–Crippen LogP) is 0.448. The van der Waals surface area contributed by atoms with Crippen LogP contribution in [0.3, 0.4) is 0 Å². The average Bonchev–Trinajstić information content (AvgIpc) is 2.12. The van der Waals surface area contributed by atoms with Crippen LogP contribution in [-0.4, -0.2) is 17.2 Å². The van der Waals surface area contributed by atoms with E-state index in [1.165, 1.54) is 6.07 Å². The van der Waals surface area contributed by atoms with Crippen LogP contribution in [0.1, 0.15) is 11.1 Å². The summed E-state index contributed by atoms with van der Waals surface area (Å²) in [6.45, 7) is 1.64. The summed E-state index contributed by atoms with van der Waals surface area (Å²) in [5, 5.41) is 26.3. The van der Waals surface area contributed by atoms with E-state index in [0.29, 0.717) is 10.0 Å². The molecule has 72 valence electrons. The van der Waals surface area contributed by atoms with Gasteiger partial charge in [-0.15, -0.1) is 0 Å². The van der Waals surface area contributed by atoms with Gasteiger partial charge in [0.15, 0.2) is 0 Å². The van der Waals surface area contributed by atoms with Crippen LogP contribution in [0.5, 0.6) is 0 Å². The Labute approximate surface area is 89.1 Å². The zero-order chi connectivity index (χ0) is 10.9. The Hall–Kier alpha value is -0.895. The molecular weight excluding hydrogens is 252 g/mol. The lowest BCUT2D eigenvalue weighted by atomic mass is 9.78. The standard InChI is InChI=1S/C8H6BBrFNO2/c1-4-2-6(9(13)14)8(11)5(3-12)7(4)10/h2,13-14H,1H3. The highest BCUT2D eigenvalue weighted by Crippen LogP contribution is 2.22. The van der Waals surface area contributed by atoms with Crippen LogP contribution in [0.2, 0.25) is 0 Å². The largest absolute Gasteiger partial charge is 0.491 e. The maximum absolute atomic E-state index is 13.4. The van der Waals surface area contributed by atoms with Gasteiger partial charge in [0.1, 0.15) is 17.4 Å². The highest BCUT2D eigenvalue weighted by atomic mass is 79.9. The van der Waals surface area contributed by atoms with Crippen molar-refractivity contribution >= 4 is 28.5 Å². The molecule has 1 rings (SSSR count). The molecule has 1 aromatic rings. The lowest BCUT2D eigenvalue weighted by molar-refractivity contribution is 0.423. The van der Waals surface area contributed by atoms with Gasteiger partial charge in [0.2, 0.25) is 0 Å². The van der Waals surface area contributed by atoms with E-state index < -0.39 is 12.9 Å². The van der Waals surface area contributed by atoms with Gasteiger partial charge in [-0.2, -0.15) is 5.26 Å². The molecule has 0 aliphatic carbocycles. The highest BCUT2D eigenvalue weighted by molar-refractivity contribution is 9.10. The molecule has 6 heteroatoms. The van der Waals surface area contributed by atoms with Crippen LogP contribution in [0.15, 0.2) is 10.5 Å². The molecule has 0 radical (unpaired) electrons. The van der Waals surface area contributed by atoms with E-state index in [4.69, 9.17) is 15.3 Å². The molecule has 0 aliphatic heterocycles. The lowest BCUT2D eigenvalue weighted by Crippen LogP contribution is -2.33. The minimum atomic E-state index is -1.91. The highest BCUT2D eigenvalue weighted by Gasteiger charge is 2.22. The summed E-state index contributed by atoms with van der Waals surface area (Å²) in [7, 11) is -1.91. The SMILES string of the molecule is Cc1cc(B(O)O)c(F)c(C#N)c1Br. The first-order chi connectivity index (χ1) is 6.49. The van der Waals surface area contributed by atoms with Crippen LogP contribution in [-0.2, 0) is 0 Å². The third-order valence-corrected chi connectivity index (χ3v) is 2.82. The fourth-order valence-electron chi connectivity index (χ4n) is 1.08. The van der Waals surface area contributed by atoms with Crippen LogP contribution in [0, 0.1) is 24.1 Å². The number of nitrogens with zero attached hydrogens (tertiary/aromatic N) is 1. The first-order valence-electron chi connectivity index (χ1n) is 3.73. The second-order valence-corrected chi connectivity index (χ2v) is 3.56. The monoisotopic (exact) mass is 257 g/mol. The molecule has 0 saturated heterocycles. The molecule has 0 atom stereocenters. The molecule has 0 saturated carbocycles. The second kappa shape index (κ2) is 4.09. The minimum Gasteiger partial charge on any atom is -0.423 e. The number of nitriles is 1. The molecular formula is C8H6BBrFNO2. The van der Waals surface area contributed by atoms with Gasteiger partial charge in [-0.25, -0.2) is 4.39 Å². The number of hydrogen-bond acceptors (Lipinski definition) is 3. The summed E-state index contributed by atoms with van der Waals surface area (Å²) in [5.74, 6) is -0.903. The van der Waals surface area contributed by atoms with Crippen LogP contribution < -0.4 is 5.46 Å². The maximum Gasteiger partial charge on any atom is 0.491 e. The molecule has 14 heavy (non-hydrogen) atoms. The van der Waals surface area contributed by atoms with E-state index in [2.05, 4.69) is 15.9 Å². The van der Waals surface area contributed by atoms with Crippen molar-refractivity contribution < 1.29 is 14.4 Å². The summed E-state index contributed by atoms with van der Waals surface area (Å²) >= 11 is 3.05. The van der Waals surface area contributed by atoms with Gasteiger partial charge in [0.25, 0.3) is 0 Å². The van der Waals surface area contributed by atoms with E-state index in [0.717, 1.165) is 0 Å². The van der Waals surface area contributed by atoms with Gasteiger partial charge in [-0.1, -0.05) is 6.07 Å². The van der Waals surface area contributed by atoms with E-state index in [1.807, 2.05) is 0 Å². The summed E-state index contributed by atoms with van der Waals surface area (Å²) in [4.78, 5) is 0. The Kier molecular flexibility index (Phi) is 3.27. The molecule has 3 nitrogen and oxygen atoms in total. The van der Waals surface area contributed by atoms with Crippen LogP contribution in [0.25, 0.3) is 0 Å². The summed E-state index contributed by atoms with van der Waals surface area (Å²) in [6.07, 6.45) is 0. The second-order valence-electron chi connectivity index (χ2n) is 2.77. The molecule has 0 aliphatic rings. The Morgan fingerprint density at radius 2 is 2.14 bits per heavy atom. The quantitative estimate of drug-likeness (QED) is 0.718. The molecule has 1 aromatic carbocycles. The molecule has 0 spiro atoms. The predicted molar refractivity (Wildman–Crippen MR) is 53.4 cm³/mol. The molecule has 0 aromatic heterocycles. The van der Waals surface area contributed by atoms with E-state index >= 15 is 0 Å². The summed E-state index contributed by atoms with van der Waals surface area (Å²) in [5.41, 5.74) is 0.0707. The normalized spacial score (nSPS) is 9.71. The van der Waals surface area contributed by atoms with Crippen molar-refractivity contribution in [2.24, 2.45) is 0 Å². The third kappa shape index (κ3) is 1.80. The lowest BCUT2D eigenvalue weighted by Gasteiger charge is -2.07. The Bertz CT molecular complexity index is 417. The first kappa shape index (κ1) is 11.2. The van der Waals surface area contributed by atoms with Crippen molar-refractivity contribution in [3.63, 3.8) is 0 Å². The van der Waals surface area contributed by atoms with Crippen molar-refractivity contribution in [3.05, 3.63) is 27.5 Å². The number of rotatable bonds is 1. The van der Waals surface area contributed by atoms with Gasteiger partial charge in [0.05, 0.1) is 0 Å². The van der Waals surface area contributed by atoms with Crippen molar-refractivity contribution in [3.8, 4) is 6.07 Å². The molecule has 0 fully saturated rings. The molecule has 0 unspecified atom stereocenters. The van der Waals surface area contributed by atoms with Gasteiger partial charge in [0, 0.05) is 9.94 Å². The van der Waals surface area contributed by atoms with Gasteiger partial charge in [-0.3, -0.25) is 0 Å². The fraction of sp³-hybridized carbons (Fsp3) is 0.125. The van der Waals surface area contributed by atoms with E-state index in [1.54, 1.807) is 13.0 Å². The summed E-state index contributed by atoms with van der Waals surface area (Å²) in [6, 6.07) is 2.94. The number of halogens is 2. The number of benzene rings is 1. The average molecular weight is 258 g/mol. The molecule has 2 N–H and O–H groups in total. The van der Waals surface area contributed by atoms with Crippen molar-refractivity contribution in [2.75, 3.05) is 0 Å². The smallest absolute Gasteiger partial charge is 0.423 e.